The van der Waals surface area contributed by atoms with Crippen LogP contribution in [0, 0.1) is 11.3 Å². The molecule has 2 amide bonds. The van der Waals surface area contributed by atoms with E-state index in [4.69, 9.17) is 5.11 Å². The van der Waals surface area contributed by atoms with E-state index >= 15 is 0 Å². The van der Waals surface area contributed by atoms with Gasteiger partial charge in [0.1, 0.15) is 6.04 Å². The highest BCUT2D eigenvalue weighted by molar-refractivity contribution is 5.82. The fourth-order valence-electron chi connectivity index (χ4n) is 1.99. The van der Waals surface area contributed by atoms with E-state index in [2.05, 4.69) is 26.1 Å². The van der Waals surface area contributed by atoms with E-state index in [0.717, 1.165) is 6.42 Å². The van der Waals surface area contributed by atoms with Crippen molar-refractivity contribution in [2.75, 3.05) is 13.1 Å². The van der Waals surface area contributed by atoms with Crippen molar-refractivity contribution in [3.8, 4) is 0 Å². The largest absolute Gasteiger partial charge is 0.480 e. The third-order valence-corrected chi connectivity index (χ3v) is 3.41. The first-order chi connectivity index (χ1) is 7.71. The number of carbonyl (C=O) groups excluding carboxylic acids is 1. The number of aliphatic carboxylic acids is 1. The molecule has 5 nitrogen and oxygen atoms in total. The van der Waals surface area contributed by atoms with Gasteiger partial charge in [0.05, 0.1) is 0 Å². The molecule has 2 atom stereocenters. The van der Waals surface area contributed by atoms with Gasteiger partial charge in [0.15, 0.2) is 0 Å². The first-order valence-electron chi connectivity index (χ1n) is 6.00. The van der Waals surface area contributed by atoms with Gasteiger partial charge in [-0.15, -0.1) is 0 Å². The van der Waals surface area contributed by atoms with Gasteiger partial charge in [-0.1, -0.05) is 20.8 Å². The van der Waals surface area contributed by atoms with E-state index in [-0.39, 0.29) is 11.4 Å². The normalized spacial score (nSPS) is 22.4. The van der Waals surface area contributed by atoms with Crippen molar-refractivity contribution in [2.45, 2.75) is 40.2 Å². The van der Waals surface area contributed by atoms with Crippen LogP contribution in [0.15, 0.2) is 0 Å². The monoisotopic (exact) mass is 242 g/mol. The molecular weight excluding hydrogens is 220 g/mol. The SMILES string of the molecule is C[C@@H](NC(=O)N1CCC(C(C)(C)C)C1)C(=O)O. The Kier molecular flexibility index (Phi) is 4.01. The number of carbonyl (C=O) groups is 2. The molecule has 1 aliphatic rings. The number of nitrogens with zero attached hydrogens (tertiary/aromatic N) is 1. The summed E-state index contributed by atoms with van der Waals surface area (Å²) in [6, 6.07) is -1.11. The Morgan fingerprint density at radius 2 is 2.00 bits per heavy atom. The third kappa shape index (κ3) is 3.61. The molecular formula is C12H22N2O3. The number of amides is 2. The van der Waals surface area contributed by atoms with Crippen LogP contribution in [0.5, 0.6) is 0 Å². The van der Waals surface area contributed by atoms with Crippen molar-refractivity contribution in [1.82, 2.24) is 10.2 Å². The molecule has 0 spiro atoms. The molecule has 0 aromatic heterocycles. The van der Waals surface area contributed by atoms with Crippen molar-refractivity contribution in [3.05, 3.63) is 0 Å². The first kappa shape index (κ1) is 13.8. The Hall–Kier alpha value is -1.26. The van der Waals surface area contributed by atoms with Crippen LogP contribution < -0.4 is 5.32 Å². The van der Waals surface area contributed by atoms with Crippen LogP contribution in [0.2, 0.25) is 0 Å². The number of rotatable bonds is 2. The zero-order chi connectivity index (χ0) is 13.2. The van der Waals surface area contributed by atoms with Gasteiger partial charge in [-0.2, -0.15) is 0 Å². The average molecular weight is 242 g/mol. The molecule has 1 fully saturated rings. The van der Waals surface area contributed by atoms with Crippen molar-refractivity contribution in [2.24, 2.45) is 11.3 Å². The van der Waals surface area contributed by atoms with Crippen molar-refractivity contribution in [1.29, 1.82) is 0 Å². The van der Waals surface area contributed by atoms with Crippen LogP contribution >= 0.6 is 0 Å². The van der Waals surface area contributed by atoms with Gasteiger partial charge in [0.25, 0.3) is 0 Å². The van der Waals surface area contributed by atoms with Gasteiger partial charge in [-0.25, -0.2) is 4.79 Å². The summed E-state index contributed by atoms with van der Waals surface area (Å²) in [5.74, 6) is -0.529. The summed E-state index contributed by atoms with van der Waals surface area (Å²) < 4.78 is 0. The maximum atomic E-state index is 11.8. The molecule has 1 unspecified atom stereocenters. The average Bonchev–Trinajstić information content (AvgIpc) is 2.65. The molecule has 1 rings (SSSR count). The van der Waals surface area contributed by atoms with Gasteiger partial charge in [-0.05, 0) is 24.7 Å². The fourth-order valence-corrected chi connectivity index (χ4v) is 1.99. The maximum absolute atomic E-state index is 11.8. The summed E-state index contributed by atoms with van der Waals surface area (Å²) in [4.78, 5) is 24.1. The van der Waals surface area contributed by atoms with Crippen molar-refractivity contribution >= 4 is 12.0 Å². The second kappa shape index (κ2) is 4.94. The lowest BCUT2D eigenvalue weighted by Crippen LogP contribution is -2.46. The minimum atomic E-state index is -1.01. The van der Waals surface area contributed by atoms with E-state index in [9.17, 15) is 9.59 Å². The molecule has 98 valence electrons. The molecule has 0 radical (unpaired) electrons. The second-order valence-electron chi connectivity index (χ2n) is 5.81. The lowest BCUT2D eigenvalue weighted by atomic mass is 9.80. The highest BCUT2D eigenvalue weighted by atomic mass is 16.4. The molecule has 1 aliphatic heterocycles. The molecule has 0 aliphatic carbocycles. The number of hydrogen-bond donors (Lipinski definition) is 2. The quantitative estimate of drug-likeness (QED) is 0.771. The van der Waals surface area contributed by atoms with Crippen molar-refractivity contribution < 1.29 is 14.7 Å². The van der Waals surface area contributed by atoms with Crippen LogP contribution in [-0.4, -0.2) is 41.1 Å². The number of nitrogens with one attached hydrogen (secondary N) is 1. The van der Waals surface area contributed by atoms with Gasteiger partial charge >= 0.3 is 12.0 Å². The van der Waals surface area contributed by atoms with Gasteiger partial charge < -0.3 is 15.3 Å². The fraction of sp³-hybridized carbons (Fsp3) is 0.833. The highest BCUT2D eigenvalue weighted by Crippen LogP contribution is 2.33. The van der Waals surface area contributed by atoms with E-state index < -0.39 is 12.0 Å². The summed E-state index contributed by atoms with van der Waals surface area (Å²) in [6.45, 7) is 9.39. The Morgan fingerprint density at radius 1 is 1.41 bits per heavy atom. The van der Waals surface area contributed by atoms with Crippen molar-refractivity contribution in [3.63, 3.8) is 0 Å². The van der Waals surface area contributed by atoms with E-state index in [1.54, 1.807) is 4.90 Å². The predicted molar refractivity (Wildman–Crippen MR) is 64.8 cm³/mol. The second-order valence-corrected chi connectivity index (χ2v) is 5.81. The van der Waals surface area contributed by atoms with Crippen LogP contribution in [0.1, 0.15) is 34.1 Å². The lowest BCUT2D eigenvalue weighted by Gasteiger charge is -2.27. The van der Waals surface area contributed by atoms with Gasteiger partial charge in [0, 0.05) is 13.1 Å². The topological polar surface area (TPSA) is 69.6 Å². The summed E-state index contributed by atoms with van der Waals surface area (Å²) >= 11 is 0. The Bertz CT molecular complexity index is 309. The number of carboxylic acid groups (broad SMARTS) is 1. The Labute approximate surface area is 102 Å². The Morgan fingerprint density at radius 3 is 2.41 bits per heavy atom. The zero-order valence-corrected chi connectivity index (χ0v) is 11.0. The number of hydrogen-bond acceptors (Lipinski definition) is 2. The predicted octanol–water partition coefficient (Wildman–Crippen LogP) is 1.54. The minimum absolute atomic E-state index is 0.188. The first-order valence-corrected chi connectivity index (χ1v) is 6.00. The number of carboxylic acids is 1. The molecule has 1 heterocycles. The highest BCUT2D eigenvalue weighted by Gasteiger charge is 2.34. The summed E-state index contributed by atoms with van der Waals surface area (Å²) in [5.41, 5.74) is 0.188. The molecule has 0 aromatic rings. The molecule has 0 aromatic carbocycles. The molecule has 17 heavy (non-hydrogen) atoms. The molecule has 0 saturated carbocycles. The van der Waals surface area contributed by atoms with Crippen LogP contribution in [0.25, 0.3) is 0 Å². The lowest BCUT2D eigenvalue weighted by molar-refractivity contribution is -0.138. The summed E-state index contributed by atoms with van der Waals surface area (Å²) in [7, 11) is 0. The van der Waals surface area contributed by atoms with E-state index in [1.807, 2.05) is 0 Å². The molecule has 2 N–H and O–H groups in total. The third-order valence-electron chi connectivity index (χ3n) is 3.41. The standard InChI is InChI=1S/C12H22N2O3/c1-8(10(15)16)13-11(17)14-6-5-9(7-14)12(2,3)4/h8-9H,5-7H2,1-4H3,(H,13,17)(H,15,16)/t8-,9?/m1/s1. The van der Waals surface area contributed by atoms with Crippen LogP contribution in [0.4, 0.5) is 4.79 Å². The van der Waals surface area contributed by atoms with Crippen LogP contribution in [0.3, 0.4) is 0 Å². The molecule has 1 saturated heterocycles. The summed E-state index contributed by atoms with van der Waals surface area (Å²) in [5, 5.41) is 11.2. The van der Waals surface area contributed by atoms with E-state index in [0.29, 0.717) is 19.0 Å². The maximum Gasteiger partial charge on any atom is 0.325 e. The van der Waals surface area contributed by atoms with Gasteiger partial charge in [-0.3, -0.25) is 4.79 Å². The summed E-state index contributed by atoms with van der Waals surface area (Å²) in [6.07, 6.45) is 0.984. The van der Waals surface area contributed by atoms with E-state index in [1.165, 1.54) is 6.92 Å². The number of likely N-dealkylation sites (tertiary alicyclic amines) is 1. The molecule has 5 heteroatoms. The zero-order valence-electron chi connectivity index (χ0n) is 11.0. The Balaban J connectivity index is 2.49. The molecule has 0 bridgehead atoms. The smallest absolute Gasteiger partial charge is 0.325 e. The van der Waals surface area contributed by atoms with Crippen LogP contribution in [-0.2, 0) is 4.79 Å². The van der Waals surface area contributed by atoms with Gasteiger partial charge in [0.2, 0.25) is 0 Å². The minimum Gasteiger partial charge on any atom is -0.480 e. The number of urea groups is 1.